The van der Waals surface area contributed by atoms with Gasteiger partial charge in [-0.15, -0.1) is 0 Å². The maximum atomic E-state index is 12.7. The van der Waals surface area contributed by atoms with E-state index in [-0.39, 0.29) is 5.57 Å². The molecule has 0 spiro atoms. The van der Waals surface area contributed by atoms with Crippen molar-refractivity contribution in [2.45, 2.75) is 20.0 Å². The second-order valence-corrected chi connectivity index (χ2v) is 8.54. The van der Waals surface area contributed by atoms with Gasteiger partial charge in [0.15, 0.2) is 11.5 Å². The van der Waals surface area contributed by atoms with Gasteiger partial charge in [-0.3, -0.25) is 4.79 Å². The summed E-state index contributed by atoms with van der Waals surface area (Å²) in [4.78, 5) is 12.7. The second-order valence-electron chi connectivity index (χ2n) is 8.14. The Kier molecular flexibility index (Phi) is 7.89. The number of nitrogens with one attached hydrogen (secondary N) is 1. The number of rotatable bonds is 8. The molecule has 36 heavy (non-hydrogen) atoms. The van der Waals surface area contributed by atoms with E-state index in [0.717, 1.165) is 28.3 Å². The molecule has 1 N–H and O–H groups in total. The molecular formula is C30H25ClN2O3. The van der Waals surface area contributed by atoms with E-state index in [1.54, 1.807) is 12.1 Å². The fourth-order valence-electron chi connectivity index (χ4n) is 3.87. The van der Waals surface area contributed by atoms with Crippen LogP contribution in [-0.4, -0.2) is 13.0 Å². The van der Waals surface area contributed by atoms with E-state index < -0.39 is 5.91 Å². The summed E-state index contributed by atoms with van der Waals surface area (Å²) < 4.78 is 11.6. The van der Waals surface area contributed by atoms with Gasteiger partial charge in [0.25, 0.3) is 5.91 Å². The van der Waals surface area contributed by atoms with Crippen LogP contribution in [0.4, 0.5) is 5.69 Å². The number of hydrogen-bond acceptors (Lipinski definition) is 4. The first-order valence-electron chi connectivity index (χ1n) is 11.5. The van der Waals surface area contributed by atoms with Crippen LogP contribution >= 0.6 is 11.6 Å². The molecule has 0 fully saturated rings. The number of hydrogen-bond donors (Lipinski definition) is 1. The predicted molar refractivity (Wildman–Crippen MR) is 144 cm³/mol. The van der Waals surface area contributed by atoms with Crippen molar-refractivity contribution >= 4 is 40.0 Å². The largest absolute Gasteiger partial charge is 0.493 e. The Morgan fingerprint density at radius 3 is 2.53 bits per heavy atom. The van der Waals surface area contributed by atoms with E-state index in [1.807, 2.05) is 60.7 Å². The molecule has 0 aromatic heterocycles. The molecule has 0 saturated heterocycles. The van der Waals surface area contributed by atoms with Gasteiger partial charge in [-0.05, 0) is 64.2 Å². The highest BCUT2D eigenvalue weighted by molar-refractivity contribution is 6.32. The summed E-state index contributed by atoms with van der Waals surface area (Å²) in [6.45, 7) is 2.36. The zero-order valence-corrected chi connectivity index (χ0v) is 20.8. The van der Waals surface area contributed by atoms with Crippen molar-refractivity contribution < 1.29 is 14.3 Å². The summed E-state index contributed by atoms with van der Waals surface area (Å²) in [6, 6.07) is 26.9. The Labute approximate surface area is 215 Å². The number of aryl methyl sites for hydroxylation is 1. The zero-order chi connectivity index (χ0) is 25.5. The van der Waals surface area contributed by atoms with Crippen LogP contribution in [0.2, 0.25) is 5.02 Å². The number of carbonyl (C=O) groups is 1. The molecule has 6 heteroatoms. The van der Waals surface area contributed by atoms with Gasteiger partial charge in [0, 0.05) is 5.69 Å². The van der Waals surface area contributed by atoms with Gasteiger partial charge < -0.3 is 14.8 Å². The van der Waals surface area contributed by atoms with Gasteiger partial charge in [0.2, 0.25) is 0 Å². The lowest BCUT2D eigenvalue weighted by molar-refractivity contribution is -0.112. The Bertz CT molecular complexity index is 1470. The van der Waals surface area contributed by atoms with Crippen LogP contribution in [0.3, 0.4) is 0 Å². The van der Waals surface area contributed by atoms with Crippen LogP contribution in [0.5, 0.6) is 11.5 Å². The topological polar surface area (TPSA) is 71.4 Å². The molecule has 0 saturated carbocycles. The standard InChI is InChI=1S/C30H25ClN2O3/c1-3-20-11-13-25(14-12-20)33-30(34)24(18-32)15-21-16-27(31)29(28(17-21)35-2)36-19-23-9-6-8-22-7-4-5-10-26(22)23/h4-17H,3,19H2,1-2H3,(H,33,34). The molecule has 5 nitrogen and oxygen atoms in total. The molecule has 4 aromatic carbocycles. The van der Waals surface area contributed by atoms with Crippen molar-refractivity contribution in [3.05, 3.63) is 106 Å². The number of ether oxygens (including phenoxy) is 2. The van der Waals surface area contributed by atoms with Gasteiger partial charge in [-0.2, -0.15) is 5.26 Å². The minimum Gasteiger partial charge on any atom is -0.493 e. The third-order valence-electron chi connectivity index (χ3n) is 5.80. The molecular weight excluding hydrogens is 472 g/mol. The normalized spacial score (nSPS) is 11.1. The molecule has 0 aliphatic carbocycles. The highest BCUT2D eigenvalue weighted by atomic mass is 35.5. The van der Waals surface area contributed by atoms with Gasteiger partial charge in [-0.1, -0.05) is 73.1 Å². The van der Waals surface area contributed by atoms with E-state index >= 15 is 0 Å². The van der Waals surface area contributed by atoms with Gasteiger partial charge >= 0.3 is 0 Å². The molecule has 0 radical (unpaired) electrons. The molecule has 180 valence electrons. The van der Waals surface area contributed by atoms with E-state index in [1.165, 1.54) is 13.2 Å². The lowest BCUT2D eigenvalue weighted by atomic mass is 10.1. The molecule has 0 unspecified atom stereocenters. The van der Waals surface area contributed by atoms with Crippen molar-refractivity contribution in [3.8, 4) is 17.6 Å². The van der Waals surface area contributed by atoms with Crippen molar-refractivity contribution in [2.24, 2.45) is 0 Å². The van der Waals surface area contributed by atoms with Crippen LogP contribution in [0, 0.1) is 11.3 Å². The molecule has 0 aliphatic heterocycles. The number of halogens is 1. The number of anilines is 1. The third-order valence-corrected chi connectivity index (χ3v) is 6.08. The van der Waals surface area contributed by atoms with Crippen LogP contribution in [0.15, 0.2) is 84.4 Å². The van der Waals surface area contributed by atoms with E-state index in [4.69, 9.17) is 21.1 Å². The number of nitrogens with zero attached hydrogens (tertiary/aromatic N) is 1. The number of carbonyl (C=O) groups excluding carboxylic acids is 1. The average molecular weight is 497 g/mol. The van der Waals surface area contributed by atoms with Gasteiger partial charge in [-0.25, -0.2) is 0 Å². The van der Waals surface area contributed by atoms with E-state index in [9.17, 15) is 10.1 Å². The average Bonchev–Trinajstić information content (AvgIpc) is 2.91. The third kappa shape index (κ3) is 5.68. The summed E-state index contributed by atoms with van der Waals surface area (Å²) in [5.41, 5.74) is 3.28. The fourth-order valence-corrected chi connectivity index (χ4v) is 4.14. The molecule has 0 atom stereocenters. The van der Waals surface area contributed by atoms with Crippen LogP contribution < -0.4 is 14.8 Å². The summed E-state index contributed by atoms with van der Waals surface area (Å²) >= 11 is 6.54. The molecule has 0 aliphatic rings. The van der Waals surface area contributed by atoms with E-state index in [0.29, 0.717) is 34.4 Å². The fraction of sp³-hybridized carbons (Fsp3) is 0.133. The Balaban J connectivity index is 1.55. The van der Waals surface area contributed by atoms with Crippen molar-refractivity contribution in [2.75, 3.05) is 12.4 Å². The SMILES string of the molecule is CCc1ccc(NC(=O)C(C#N)=Cc2cc(Cl)c(OCc3cccc4ccccc34)c(OC)c2)cc1. The molecule has 4 aromatic rings. The molecule has 0 bridgehead atoms. The minimum absolute atomic E-state index is 0.0582. The number of nitriles is 1. The van der Waals surface area contributed by atoms with Gasteiger partial charge in [0.1, 0.15) is 18.2 Å². The summed E-state index contributed by atoms with van der Waals surface area (Å²) in [5.74, 6) is 0.290. The highest BCUT2D eigenvalue weighted by Gasteiger charge is 2.15. The van der Waals surface area contributed by atoms with Crippen molar-refractivity contribution in [1.29, 1.82) is 5.26 Å². The maximum absolute atomic E-state index is 12.7. The summed E-state index contributed by atoms with van der Waals surface area (Å²) in [5, 5.41) is 14.9. The monoisotopic (exact) mass is 496 g/mol. The smallest absolute Gasteiger partial charge is 0.266 e. The minimum atomic E-state index is -0.506. The lowest BCUT2D eigenvalue weighted by Gasteiger charge is -2.14. The van der Waals surface area contributed by atoms with Crippen LogP contribution in [-0.2, 0) is 17.8 Å². The number of fused-ring (bicyclic) bond motifs is 1. The first-order chi connectivity index (χ1) is 17.5. The zero-order valence-electron chi connectivity index (χ0n) is 20.0. The van der Waals surface area contributed by atoms with Crippen LogP contribution in [0.25, 0.3) is 16.8 Å². The lowest BCUT2D eigenvalue weighted by Crippen LogP contribution is -2.13. The second kappa shape index (κ2) is 11.4. The first kappa shape index (κ1) is 24.8. The Morgan fingerprint density at radius 2 is 1.81 bits per heavy atom. The quantitative estimate of drug-likeness (QED) is 0.207. The molecule has 1 amide bonds. The summed E-state index contributed by atoms with van der Waals surface area (Å²) in [7, 11) is 1.52. The molecule has 4 rings (SSSR count). The van der Waals surface area contributed by atoms with Crippen molar-refractivity contribution in [3.63, 3.8) is 0 Å². The number of amides is 1. The van der Waals surface area contributed by atoms with Crippen LogP contribution in [0.1, 0.15) is 23.6 Å². The summed E-state index contributed by atoms with van der Waals surface area (Å²) in [6.07, 6.45) is 2.38. The first-order valence-corrected chi connectivity index (χ1v) is 11.9. The van der Waals surface area contributed by atoms with Gasteiger partial charge in [0.05, 0.1) is 12.1 Å². The van der Waals surface area contributed by atoms with E-state index in [2.05, 4.69) is 24.4 Å². The van der Waals surface area contributed by atoms with Crippen molar-refractivity contribution in [1.82, 2.24) is 0 Å². The Morgan fingerprint density at radius 1 is 1.06 bits per heavy atom. The predicted octanol–water partition coefficient (Wildman–Crippen LogP) is 7.19. The number of benzene rings is 4. The number of methoxy groups -OCH3 is 1. The Hall–Kier alpha value is -4.27. The maximum Gasteiger partial charge on any atom is 0.266 e. The molecule has 0 heterocycles. The highest BCUT2D eigenvalue weighted by Crippen LogP contribution is 2.38.